The van der Waals surface area contributed by atoms with Crippen molar-refractivity contribution in [2.45, 2.75) is 19.4 Å². The molecule has 0 saturated heterocycles. The minimum Gasteiger partial charge on any atom is -0.311 e. The summed E-state index contributed by atoms with van der Waals surface area (Å²) >= 11 is 0. The number of nitrogens with zero attached hydrogens (tertiary/aromatic N) is 5. The van der Waals surface area contributed by atoms with E-state index in [0.717, 1.165) is 36.6 Å². The largest absolute Gasteiger partial charge is 0.311 e. The number of aromatic amines is 1. The lowest BCUT2D eigenvalue weighted by atomic mass is 10.3. The predicted octanol–water partition coefficient (Wildman–Crippen LogP) is 1.11. The van der Waals surface area contributed by atoms with Gasteiger partial charge in [-0.05, 0) is 25.1 Å². The summed E-state index contributed by atoms with van der Waals surface area (Å²) in [5.74, 6) is 0.923. The van der Waals surface area contributed by atoms with E-state index in [1.165, 1.54) is 6.33 Å². The van der Waals surface area contributed by atoms with Crippen LogP contribution in [0, 0.1) is 0 Å². The van der Waals surface area contributed by atoms with E-state index in [-0.39, 0.29) is 0 Å². The molecule has 7 nitrogen and oxygen atoms in total. The first kappa shape index (κ1) is 13.4. The topological polar surface area (TPSA) is 84.3 Å². The molecule has 3 aromatic rings. The van der Waals surface area contributed by atoms with Gasteiger partial charge >= 0.3 is 0 Å². The van der Waals surface area contributed by atoms with E-state index in [2.05, 4.69) is 30.7 Å². The van der Waals surface area contributed by atoms with Crippen molar-refractivity contribution in [3.05, 3.63) is 54.4 Å². The van der Waals surface area contributed by atoms with Gasteiger partial charge in [0.25, 0.3) is 0 Å². The molecule has 0 unspecified atom stereocenters. The molecule has 0 bridgehead atoms. The monoisotopic (exact) mass is 283 g/mol. The third kappa shape index (κ3) is 3.73. The van der Waals surface area contributed by atoms with Crippen LogP contribution in [0.15, 0.2) is 42.9 Å². The molecule has 2 aromatic heterocycles. The van der Waals surface area contributed by atoms with Crippen LogP contribution in [0.1, 0.15) is 17.9 Å². The highest BCUT2D eigenvalue weighted by Crippen LogP contribution is 2.04. The number of para-hydroxylation sites is 1. The van der Waals surface area contributed by atoms with E-state index >= 15 is 0 Å². The molecule has 0 aliphatic carbocycles. The van der Waals surface area contributed by atoms with Gasteiger partial charge in [-0.1, -0.05) is 18.2 Å². The third-order valence-electron chi connectivity index (χ3n) is 3.06. The molecule has 0 aliphatic rings. The lowest BCUT2D eigenvalue weighted by Gasteiger charge is -2.01. The number of hydrogen-bond donors (Lipinski definition) is 2. The van der Waals surface area contributed by atoms with E-state index < -0.39 is 0 Å². The number of rotatable bonds is 7. The van der Waals surface area contributed by atoms with Gasteiger partial charge in [0.1, 0.15) is 12.2 Å². The maximum absolute atomic E-state index is 4.44. The van der Waals surface area contributed by atoms with Gasteiger partial charge in [0, 0.05) is 13.0 Å². The Hall–Kier alpha value is -2.54. The van der Waals surface area contributed by atoms with Crippen molar-refractivity contribution in [3.8, 4) is 5.69 Å². The summed E-state index contributed by atoms with van der Waals surface area (Å²) in [7, 11) is 0. The Kier molecular flexibility index (Phi) is 4.33. The molecular formula is C14H17N7. The van der Waals surface area contributed by atoms with Crippen molar-refractivity contribution in [2.75, 3.05) is 6.54 Å². The lowest BCUT2D eigenvalue weighted by Crippen LogP contribution is -2.16. The van der Waals surface area contributed by atoms with E-state index in [9.17, 15) is 0 Å². The second kappa shape index (κ2) is 6.76. The fraction of sp³-hybridized carbons (Fsp3) is 0.286. The first-order chi connectivity index (χ1) is 10.4. The van der Waals surface area contributed by atoms with E-state index in [1.54, 1.807) is 11.0 Å². The summed E-state index contributed by atoms with van der Waals surface area (Å²) in [5.41, 5.74) is 1.90. The van der Waals surface area contributed by atoms with Crippen molar-refractivity contribution in [3.63, 3.8) is 0 Å². The average Bonchev–Trinajstić information content (AvgIpc) is 3.19. The van der Waals surface area contributed by atoms with Gasteiger partial charge in [-0.15, -0.1) is 0 Å². The first-order valence-corrected chi connectivity index (χ1v) is 6.93. The standard InChI is InChI=1S/C14H17N7/c1-2-5-13(6-3-1)21-18-10-12(20-21)9-15-8-4-7-14-16-11-17-19-14/h1-3,5-6,10-11,15H,4,7-9H2,(H,16,17,19). The van der Waals surface area contributed by atoms with Gasteiger partial charge in [-0.3, -0.25) is 5.10 Å². The normalized spacial score (nSPS) is 10.9. The molecule has 1 aromatic carbocycles. The number of H-pyrrole nitrogens is 1. The SMILES string of the molecule is c1ccc(-n2ncc(CNCCCc3ncn[nH]3)n2)cc1. The lowest BCUT2D eigenvalue weighted by molar-refractivity contribution is 0.625. The molecule has 0 atom stereocenters. The summed E-state index contributed by atoms with van der Waals surface area (Å²) in [6.45, 7) is 1.61. The Labute approximate surface area is 122 Å². The smallest absolute Gasteiger partial charge is 0.137 e. The minimum absolute atomic E-state index is 0.712. The minimum atomic E-state index is 0.712. The van der Waals surface area contributed by atoms with Crippen molar-refractivity contribution in [2.24, 2.45) is 0 Å². The van der Waals surface area contributed by atoms with Crippen LogP contribution in [0.3, 0.4) is 0 Å². The number of benzene rings is 1. The van der Waals surface area contributed by atoms with E-state index in [4.69, 9.17) is 0 Å². The van der Waals surface area contributed by atoms with Crippen LogP contribution in [0.4, 0.5) is 0 Å². The van der Waals surface area contributed by atoms with Gasteiger partial charge < -0.3 is 5.32 Å². The molecule has 2 N–H and O–H groups in total. The van der Waals surface area contributed by atoms with Crippen molar-refractivity contribution < 1.29 is 0 Å². The zero-order valence-electron chi connectivity index (χ0n) is 11.6. The summed E-state index contributed by atoms with van der Waals surface area (Å²) in [6, 6.07) is 9.88. The van der Waals surface area contributed by atoms with Crippen LogP contribution in [0.25, 0.3) is 5.69 Å². The van der Waals surface area contributed by atoms with E-state index in [1.807, 2.05) is 30.3 Å². The Morgan fingerprint density at radius 1 is 1.19 bits per heavy atom. The fourth-order valence-electron chi connectivity index (χ4n) is 2.01. The molecule has 21 heavy (non-hydrogen) atoms. The highest BCUT2D eigenvalue weighted by atomic mass is 15.5. The van der Waals surface area contributed by atoms with Crippen LogP contribution in [-0.4, -0.2) is 36.7 Å². The summed E-state index contributed by atoms with van der Waals surface area (Å²) in [5, 5.41) is 18.7. The van der Waals surface area contributed by atoms with Gasteiger partial charge in [0.15, 0.2) is 0 Å². The highest BCUT2D eigenvalue weighted by molar-refractivity contribution is 5.28. The summed E-state index contributed by atoms with van der Waals surface area (Å²) in [4.78, 5) is 5.73. The molecule has 0 amide bonds. The van der Waals surface area contributed by atoms with Crippen LogP contribution in [0.2, 0.25) is 0 Å². The van der Waals surface area contributed by atoms with Crippen molar-refractivity contribution in [1.29, 1.82) is 0 Å². The first-order valence-electron chi connectivity index (χ1n) is 6.93. The number of hydrogen-bond acceptors (Lipinski definition) is 5. The van der Waals surface area contributed by atoms with Crippen LogP contribution >= 0.6 is 0 Å². The summed E-state index contributed by atoms with van der Waals surface area (Å²) < 4.78 is 0. The Morgan fingerprint density at radius 3 is 2.90 bits per heavy atom. The molecule has 0 saturated carbocycles. The Bertz CT molecular complexity index is 645. The molecular weight excluding hydrogens is 266 g/mol. The quantitative estimate of drug-likeness (QED) is 0.634. The van der Waals surface area contributed by atoms with Crippen molar-refractivity contribution in [1.82, 2.24) is 35.5 Å². The van der Waals surface area contributed by atoms with E-state index in [0.29, 0.717) is 6.54 Å². The van der Waals surface area contributed by atoms with Crippen LogP contribution in [-0.2, 0) is 13.0 Å². The third-order valence-corrected chi connectivity index (χ3v) is 3.06. The van der Waals surface area contributed by atoms with Crippen LogP contribution < -0.4 is 5.32 Å². The number of aryl methyl sites for hydroxylation is 1. The van der Waals surface area contributed by atoms with Gasteiger partial charge in [-0.25, -0.2) is 4.98 Å². The molecule has 3 rings (SSSR count). The molecule has 0 spiro atoms. The van der Waals surface area contributed by atoms with Crippen LogP contribution in [0.5, 0.6) is 0 Å². The molecule has 0 fully saturated rings. The Morgan fingerprint density at radius 2 is 2.10 bits per heavy atom. The molecule has 7 heteroatoms. The predicted molar refractivity (Wildman–Crippen MR) is 77.8 cm³/mol. The molecule has 0 aliphatic heterocycles. The number of nitrogens with one attached hydrogen (secondary N) is 2. The van der Waals surface area contributed by atoms with Crippen molar-refractivity contribution >= 4 is 0 Å². The zero-order chi connectivity index (χ0) is 14.3. The van der Waals surface area contributed by atoms with Gasteiger partial charge in [0.05, 0.1) is 17.6 Å². The maximum atomic E-state index is 4.44. The summed E-state index contributed by atoms with van der Waals surface area (Å²) in [6.07, 6.45) is 5.22. The molecule has 108 valence electrons. The highest BCUT2D eigenvalue weighted by Gasteiger charge is 2.02. The maximum Gasteiger partial charge on any atom is 0.137 e. The van der Waals surface area contributed by atoms with Gasteiger partial charge in [0.2, 0.25) is 0 Å². The fourth-order valence-corrected chi connectivity index (χ4v) is 2.01. The molecule has 2 heterocycles. The Balaban J connectivity index is 1.43. The second-order valence-electron chi connectivity index (χ2n) is 4.67. The second-order valence-corrected chi connectivity index (χ2v) is 4.67. The van der Waals surface area contributed by atoms with Gasteiger partial charge in [-0.2, -0.15) is 20.1 Å². The molecule has 0 radical (unpaired) electrons. The zero-order valence-corrected chi connectivity index (χ0v) is 11.6. The average molecular weight is 283 g/mol. The number of aromatic nitrogens is 6.